The van der Waals surface area contributed by atoms with Crippen LogP contribution < -0.4 is 5.32 Å². The number of nitrogens with one attached hydrogen (secondary N) is 1. The van der Waals surface area contributed by atoms with Gasteiger partial charge in [0.25, 0.3) is 0 Å². The fourth-order valence-corrected chi connectivity index (χ4v) is 3.19. The van der Waals surface area contributed by atoms with E-state index in [1.54, 1.807) is 0 Å². The minimum atomic E-state index is 0.418. The first-order chi connectivity index (χ1) is 6.75. The van der Waals surface area contributed by atoms with E-state index < -0.39 is 0 Å². The molecule has 1 unspecified atom stereocenters. The quantitative estimate of drug-likeness (QED) is 0.745. The van der Waals surface area contributed by atoms with Crippen LogP contribution >= 0.6 is 0 Å². The van der Waals surface area contributed by atoms with Crippen molar-refractivity contribution < 1.29 is 0 Å². The molecule has 0 saturated carbocycles. The molecule has 1 rings (SSSR count). The number of rotatable bonds is 4. The van der Waals surface area contributed by atoms with Gasteiger partial charge in [0.1, 0.15) is 0 Å². The third kappa shape index (κ3) is 1.82. The van der Waals surface area contributed by atoms with Crippen molar-refractivity contribution in [2.45, 2.75) is 58.5 Å². The lowest BCUT2D eigenvalue weighted by atomic mass is 9.79. The first-order valence-corrected chi connectivity index (χ1v) is 6.23. The molecule has 0 aromatic rings. The third-order valence-corrected chi connectivity index (χ3v) is 4.07. The van der Waals surface area contributed by atoms with Crippen LogP contribution in [0.3, 0.4) is 0 Å². The van der Waals surface area contributed by atoms with Gasteiger partial charge in [-0.1, -0.05) is 27.7 Å². The van der Waals surface area contributed by atoms with Gasteiger partial charge in [-0.3, -0.25) is 4.90 Å². The number of piperazine rings is 1. The lowest BCUT2D eigenvalue weighted by Crippen LogP contribution is -2.66. The van der Waals surface area contributed by atoms with E-state index in [1.807, 2.05) is 0 Å². The maximum Gasteiger partial charge on any atom is 0.0357 e. The van der Waals surface area contributed by atoms with E-state index in [0.717, 1.165) is 6.54 Å². The van der Waals surface area contributed by atoms with Crippen LogP contribution in [0.4, 0.5) is 0 Å². The van der Waals surface area contributed by atoms with Gasteiger partial charge in [0.15, 0.2) is 0 Å². The summed E-state index contributed by atoms with van der Waals surface area (Å²) in [6.07, 6.45) is 3.78. The lowest BCUT2D eigenvalue weighted by Gasteiger charge is -2.52. The average Bonchev–Trinajstić information content (AvgIpc) is 2.27. The number of hydrogen-bond acceptors (Lipinski definition) is 2. The average molecular weight is 198 g/mol. The summed E-state index contributed by atoms with van der Waals surface area (Å²) < 4.78 is 0. The SMILES string of the molecule is CCC1NCCN(CC)C1(CC)CC. The maximum atomic E-state index is 3.68. The summed E-state index contributed by atoms with van der Waals surface area (Å²) in [5.74, 6) is 0. The van der Waals surface area contributed by atoms with E-state index in [2.05, 4.69) is 37.9 Å². The fraction of sp³-hybridized carbons (Fsp3) is 1.00. The first-order valence-electron chi connectivity index (χ1n) is 6.23. The topological polar surface area (TPSA) is 15.3 Å². The van der Waals surface area contributed by atoms with Gasteiger partial charge in [0, 0.05) is 24.7 Å². The largest absolute Gasteiger partial charge is 0.311 e. The number of hydrogen-bond donors (Lipinski definition) is 1. The molecule has 0 spiro atoms. The van der Waals surface area contributed by atoms with Crippen LogP contribution in [-0.2, 0) is 0 Å². The van der Waals surface area contributed by atoms with Gasteiger partial charge in [-0.15, -0.1) is 0 Å². The van der Waals surface area contributed by atoms with E-state index in [0.29, 0.717) is 11.6 Å². The lowest BCUT2D eigenvalue weighted by molar-refractivity contribution is 0.0151. The van der Waals surface area contributed by atoms with Gasteiger partial charge in [-0.05, 0) is 25.8 Å². The van der Waals surface area contributed by atoms with Crippen molar-refractivity contribution in [1.82, 2.24) is 10.2 Å². The molecule has 14 heavy (non-hydrogen) atoms. The molecule has 0 aromatic heterocycles. The molecular formula is C12H26N2. The summed E-state index contributed by atoms with van der Waals surface area (Å²) in [6, 6.07) is 0.686. The Morgan fingerprint density at radius 1 is 1.21 bits per heavy atom. The fourth-order valence-electron chi connectivity index (χ4n) is 3.19. The van der Waals surface area contributed by atoms with Crippen LogP contribution in [0.15, 0.2) is 0 Å². The smallest absolute Gasteiger partial charge is 0.0357 e. The summed E-state index contributed by atoms with van der Waals surface area (Å²) in [7, 11) is 0. The highest BCUT2D eigenvalue weighted by atomic mass is 15.3. The summed E-state index contributed by atoms with van der Waals surface area (Å²) in [5, 5.41) is 3.68. The molecule has 1 heterocycles. The molecule has 0 bridgehead atoms. The van der Waals surface area contributed by atoms with Crippen molar-refractivity contribution in [3.63, 3.8) is 0 Å². The highest BCUT2D eigenvalue weighted by Gasteiger charge is 2.41. The predicted molar refractivity (Wildman–Crippen MR) is 62.6 cm³/mol. The maximum absolute atomic E-state index is 3.68. The highest BCUT2D eigenvalue weighted by molar-refractivity contribution is 5.01. The minimum absolute atomic E-state index is 0.418. The Labute approximate surface area is 89.1 Å². The normalized spacial score (nSPS) is 27.9. The molecule has 0 aliphatic carbocycles. The second kappa shape index (κ2) is 5.13. The van der Waals surface area contributed by atoms with E-state index in [-0.39, 0.29) is 0 Å². The summed E-state index contributed by atoms with van der Waals surface area (Å²) >= 11 is 0. The molecule has 1 N–H and O–H groups in total. The molecular weight excluding hydrogens is 172 g/mol. The predicted octanol–water partition coefficient (Wildman–Crippen LogP) is 2.25. The highest BCUT2D eigenvalue weighted by Crippen LogP contribution is 2.31. The second-order valence-corrected chi connectivity index (χ2v) is 4.31. The van der Waals surface area contributed by atoms with Gasteiger partial charge in [0.2, 0.25) is 0 Å². The Hall–Kier alpha value is -0.0800. The Bertz CT molecular complexity index is 150. The summed E-state index contributed by atoms with van der Waals surface area (Å²) in [6.45, 7) is 12.8. The van der Waals surface area contributed by atoms with Crippen molar-refractivity contribution >= 4 is 0 Å². The van der Waals surface area contributed by atoms with Gasteiger partial charge < -0.3 is 5.32 Å². The molecule has 0 aromatic carbocycles. The van der Waals surface area contributed by atoms with Crippen LogP contribution in [0.2, 0.25) is 0 Å². The third-order valence-electron chi connectivity index (χ3n) is 4.07. The number of nitrogens with zero attached hydrogens (tertiary/aromatic N) is 1. The first kappa shape index (κ1) is 12.0. The van der Waals surface area contributed by atoms with E-state index in [4.69, 9.17) is 0 Å². The van der Waals surface area contributed by atoms with Crippen LogP contribution in [-0.4, -0.2) is 36.1 Å². The summed E-state index contributed by atoms with van der Waals surface area (Å²) in [4.78, 5) is 2.68. The van der Waals surface area contributed by atoms with Crippen LogP contribution in [0.25, 0.3) is 0 Å². The van der Waals surface area contributed by atoms with Crippen molar-refractivity contribution in [3.05, 3.63) is 0 Å². The Balaban J connectivity index is 2.86. The zero-order valence-corrected chi connectivity index (χ0v) is 10.3. The standard InChI is InChI=1S/C12H26N2/c1-5-11-12(6-2,7-3)14(8-4)10-9-13-11/h11,13H,5-10H2,1-4H3. The molecule has 0 radical (unpaired) electrons. The molecule has 0 amide bonds. The molecule has 1 saturated heterocycles. The van der Waals surface area contributed by atoms with Crippen molar-refractivity contribution in [1.29, 1.82) is 0 Å². The van der Waals surface area contributed by atoms with Gasteiger partial charge in [-0.25, -0.2) is 0 Å². The Kier molecular flexibility index (Phi) is 4.39. The van der Waals surface area contributed by atoms with Crippen molar-refractivity contribution in [3.8, 4) is 0 Å². The summed E-state index contributed by atoms with van der Waals surface area (Å²) in [5.41, 5.74) is 0.418. The Morgan fingerprint density at radius 3 is 2.29 bits per heavy atom. The van der Waals surface area contributed by atoms with Gasteiger partial charge >= 0.3 is 0 Å². The molecule has 84 valence electrons. The molecule has 2 heteroatoms. The molecule has 1 atom stereocenters. The van der Waals surface area contributed by atoms with Gasteiger partial charge in [-0.2, -0.15) is 0 Å². The van der Waals surface area contributed by atoms with E-state index >= 15 is 0 Å². The van der Waals surface area contributed by atoms with Crippen LogP contribution in [0, 0.1) is 0 Å². The second-order valence-electron chi connectivity index (χ2n) is 4.31. The van der Waals surface area contributed by atoms with Crippen LogP contribution in [0.5, 0.6) is 0 Å². The zero-order valence-electron chi connectivity index (χ0n) is 10.3. The molecule has 1 fully saturated rings. The van der Waals surface area contributed by atoms with E-state index in [1.165, 1.54) is 32.4 Å². The van der Waals surface area contributed by atoms with Gasteiger partial charge in [0.05, 0.1) is 0 Å². The minimum Gasteiger partial charge on any atom is -0.311 e. The molecule has 1 aliphatic rings. The van der Waals surface area contributed by atoms with Crippen molar-refractivity contribution in [2.24, 2.45) is 0 Å². The van der Waals surface area contributed by atoms with E-state index in [9.17, 15) is 0 Å². The zero-order chi connectivity index (χ0) is 10.6. The van der Waals surface area contributed by atoms with Crippen LogP contribution in [0.1, 0.15) is 47.0 Å². The molecule has 1 aliphatic heterocycles. The number of likely N-dealkylation sites (N-methyl/N-ethyl adjacent to an activating group) is 1. The molecule has 2 nitrogen and oxygen atoms in total. The Morgan fingerprint density at radius 2 is 1.86 bits per heavy atom. The monoisotopic (exact) mass is 198 g/mol. The van der Waals surface area contributed by atoms with Crippen molar-refractivity contribution in [2.75, 3.05) is 19.6 Å².